The topological polar surface area (TPSA) is 69.8 Å². The van der Waals surface area contributed by atoms with Crippen LogP contribution in [0.3, 0.4) is 0 Å². The number of amides is 1. The highest BCUT2D eigenvalue weighted by molar-refractivity contribution is 5.82. The zero-order valence-electron chi connectivity index (χ0n) is 12.1. The Morgan fingerprint density at radius 2 is 2.20 bits per heavy atom. The quantitative estimate of drug-likeness (QED) is 0.717. The summed E-state index contributed by atoms with van der Waals surface area (Å²) in [6.07, 6.45) is 8.57. The van der Waals surface area contributed by atoms with Crippen LogP contribution in [0.5, 0.6) is 0 Å². The molecule has 110 valence electrons. The highest BCUT2D eigenvalue weighted by atomic mass is 16.2. The minimum Gasteiger partial charge on any atom is -0.352 e. The molecular formula is C15H24N4O. The fourth-order valence-corrected chi connectivity index (χ4v) is 3.35. The van der Waals surface area contributed by atoms with Crippen molar-refractivity contribution in [3.05, 3.63) is 17.7 Å². The van der Waals surface area contributed by atoms with Gasteiger partial charge in [0.15, 0.2) is 0 Å². The molecule has 5 heteroatoms. The number of carbonyl (C=O) groups excluding carboxylic acids is 1. The van der Waals surface area contributed by atoms with Crippen molar-refractivity contribution in [2.45, 2.75) is 64.1 Å². The fraction of sp³-hybridized carbons (Fsp3) is 0.733. The second-order valence-corrected chi connectivity index (χ2v) is 6.20. The van der Waals surface area contributed by atoms with Crippen molar-refractivity contribution in [3.63, 3.8) is 0 Å². The van der Waals surface area contributed by atoms with Crippen molar-refractivity contribution in [2.75, 3.05) is 0 Å². The van der Waals surface area contributed by atoms with E-state index in [9.17, 15) is 4.79 Å². The Hall–Kier alpha value is -1.36. The largest absolute Gasteiger partial charge is 0.352 e. The van der Waals surface area contributed by atoms with Crippen LogP contribution in [0.25, 0.3) is 0 Å². The number of hydrogen-bond acceptors (Lipinski definition) is 3. The Bertz CT molecular complexity index is 470. The summed E-state index contributed by atoms with van der Waals surface area (Å²) in [5, 5.41) is 6.56. The van der Waals surface area contributed by atoms with Crippen LogP contribution in [0.4, 0.5) is 0 Å². The summed E-state index contributed by atoms with van der Waals surface area (Å²) in [5.74, 6) is 0.725. The van der Waals surface area contributed by atoms with Crippen molar-refractivity contribution >= 4 is 5.91 Å². The molecule has 3 unspecified atom stereocenters. The molecule has 2 heterocycles. The Labute approximate surface area is 119 Å². The molecule has 1 aromatic heterocycles. The number of carbonyl (C=O) groups is 1. The van der Waals surface area contributed by atoms with Crippen LogP contribution >= 0.6 is 0 Å². The minimum atomic E-state index is -0.138. The summed E-state index contributed by atoms with van der Waals surface area (Å²) in [6, 6.07) is 0.202. The van der Waals surface area contributed by atoms with Crippen LogP contribution < -0.4 is 10.6 Å². The third-order valence-electron chi connectivity index (χ3n) is 4.74. The van der Waals surface area contributed by atoms with Gasteiger partial charge in [0.05, 0.1) is 23.8 Å². The zero-order valence-corrected chi connectivity index (χ0v) is 12.1. The van der Waals surface area contributed by atoms with Crippen LogP contribution in [0.15, 0.2) is 6.33 Å². The Balaban J connectivity index is 1.59. The number of rotatable bonds is 2. The molecule has 3 atom stereocenters. The lowest BCUT2D eigenvalue weighted by Crippen LogP contribution is -2.51. The smallest absolute Gasteiger partial charge is 0.237 e. The van der Waals surface area contributed by atoms with Gasteiger partial charge in [-0.05, 0) is 18.8 Å². The first-order valence-corrected chi connectivity index (χ1v) is 7.79. The maximum atomic E-state index is 12.4. The minimum absolute atomic E-state index is 0.136. The van der Waals surface area contributed by atoms with Gasteiger partial charge in [-0.1, -0.05) is 26.2 Å². The van der Waals surface area contributed by atoms with Gasteiger partial charge < -0.3 is 10.3 Å². The fourth-order valence-electron chi connectivity index (χ4n) is 3.35. The molecule has 0 saturated heterocycles. The first-order valence-electron chi connectivity index (χ1n) is 7.79. The normalized spacial score (nSPS) is 30.4. The lowest BCUT2D eigenvalue weighted by Gasteiger charge is -2.27. The Kier molecular flexibility index (Phi) is 4.05. The van der Waals surface area contributed by atoms with E-state index in [2.05, 4.69) is 27.5 Å². The van der Waals surface area contributed by atoms with E-state index in [-0.39, 0.29) is 11.9 Å². The molecule has 1 saturated carbocycles. The van der Waals surface area contributed by atoms with E-state index in [1.54, 1.807) is 6.33 Å². The second kappa shape index (κ2) is 5.95. The van der Waals surface area contributed by atoms with Gasteiger partial charge in [-0.3, -0.25) is 10.1 Å². The molecule has 5 nitrogen and oxygen atoms in total. The standard InChI is InChI=1S/C15H24N4O/c1-10-5-3-2-4-6-11(10)19-15(20)13-7-12-14(8-16-13)18-9-17-12/h9-11,13,16H,2-8H2,1H3,(H,17,18)(H,19,20). The van der Waals surface area contributed by atoms with Crippen LogP contribution in [-0.2, 0) is 17.8 Å². The SMILES string of the molecule is CC1CCCCCC1NC(=O)C1Cc2nc[nH]c2CN1. The van der Waals surface area contributed by atoms with Gasteiger partial charge in [-0.15, -0.1) is 0 Å². The number of nitrogens with zero attached hydrogens (tertiary/aromatic N) is 1. The first-order chi connectivity index (χ1) is 9.74. The molecule has 1 amide bonds. The zero-order chi connectivity index (χ0) is 13.9. The van der Waals surface area contributed by atoms with Crippen molar-refractivity contribution in [1.82, 2.24) is 20.6 Å². The van der Waals surface area contributed by atoms with Crippen LogP contribution in [0, 0.1) is 5.92 Å². The second-order valence-electron chi connectivity index (χ2n) is 6.20. The van der Waals surface area contributed by atoms with Gasteiger partial charge >= 0.3 is 0 Å². The monoisotopic (exact) mass is 276 g/mol. The van der Waals surface area contributed by atoms with Crippen molar-refractivity contribution in [1.29, 1.82) is 0 Å². The summed E-state index contributed by atoms with van der Waals surface area (Å²) in [4.78, 5) is 19.8. The molecule has 20 heavy (non-hydrogen) atoms. The first kappa shape index (κ1) is 13.6. The van der Waals surface area contributed by atoms with E-state index in [0.717, 1.165) is 17.8 Å². The number of nitrogens with one attached hydrogen (secondary N) is 3. The molecule has 0 spiro atoms. The molecule has 1 aliphatic heterocycles. The van der Waals surface area contributed by atoms with E-state index < -0.39 is 0 Å². The molecule has 0 radical (unpaired) electrons. The molecule has 3 N–H and O–H groups in total. The highest BCUT2D eigenvalue weighted by Crippen LogP contribution is 2.23. The van der Waals surface area contributed by atoms with Crippen LogP contribution in [0.1, 0.15) is 50.4 Å². The lowest BCUT2D eigenvalue weighted by atomic mass is 9.96. The van der Waals surface area contributed by atoms with Gasteiger partial charge in [-0.2, -0.15) is 0 Å². The summed E-state index contributed by atoms with van der Waals surface area (Å²) >= 11 is 0. The number of H-pyrrole nitrogens is 1. The summed E-state index contributed by atoms with van der Waals surface area (Å²) in [5.41, 5.74) is 2.13. The van der Waals surface area contributed by atoms with Gasteiger partial charge in [-0.25, -0.2) is 4.98 Å². The van der Waals surface area contributed by atoms with Crippen molar-refractivity contribution < 1.29 is 4.79 Å². The van der Waals surface area contributed by atoms with E-state index in [0.29, 0.717) is 24.9 Å². The van der Waals surface area contributed by atoms with E-state index in [1.807, 2.05) is 0 Å². The van der Waals surface area contributed by atoms with Crippen molar-refractivity contribution in [3.8, 4) is 0 Å². The van der Waals surface area contributed by atoms with Gasteiger partial charge in [0.1, 0.15) is 0 Å². The number of imidazole rings is 1. The predicted molar refractivity (Wildman–Crippen MR) is 77.1 cm³/mol. The Morgan fingerprint density at radius 3 is 3.10 bits per heavy atom. The summed E-state index contributed by atoms with van der Waals surface area (Å²) < 4.78 is 0. The van der Waals surface area contributed by atoms with E-state index >= 15 is 0 Å². The number of hydrogen-bond donors (Lipinski definition) is 3. The number of fused-ring (bicyclic) bond motifs is 1. The van der Waals surface area contributed by atoms with E-state index in [1.165, 1.54) is 25.7 Å². The van der Waals surface area contributed by atoms with Gasteiger partial charge in [0.2, 0.25) is 5.91 Å². The molecule has 0 aromatic carbocycles. The predicted octanol–water partition coefficient (Wildman–Crippen LogP) is 1.51. The Morgan fingerprint density at radius 1 is 1.35 bits per heavy atom. The summed E-state index contributed by atoms with van der Waals surface area (Å²) in [7, 11) is 0. The van der Waals surface area contributed by atoms with Gasteiger partial charge in [0.25, 0.3) is 0 Å². The van der Waals surface area contributed by atoms with Crippen LogP contribution in [0.2, 0.25) is 0 Å². The molecule has 1 aliphatic carbocycles. The lowest BCUT2D eigenvalue weighted by molar-refractivity contribution is -0.124. The molecule has 0 bridgehead atoms. The van der Waals surface area contributed by atoms with Crippen molar-refractivity contribution in [2.24, 2.45) is 5.92 Å². The third-order valence-corrected chi connectivity index (χ3v) is 4.74. The third kappa shape index (κ3) is 2.87. The molecule has 2 aliphatic rings. The average molecular weight is 276 g/mol. The van der Waals surface area contributed by atoms with E-state index in [4.69, 9.17) is 0 Å². The van der Waals surface area contributed by atoms with Gasteiger partial charge in [0, 0.05) is 19.0 Å². The molecule has 1 fully saturated rings. The van der Waals surface area contributed by atoms with Crippen LogP contribution in [-0.4, -0.2) is 28.0 Å². The maximum Gasteiger partial charge on any atom is 0.237 e. The summed E-state index contributed by atoms with van der Waals surface area (Å²) in [6.45, 7) is 2.96. The molecular weight excluding hydrogens is 252 g/mol. The average Bonchev–Trinajstić information content (AvgIpc) is 2.83. The molecule has 3 rings (SSSR count). The highest BCUT2D eigenvalue weighted by Gasteiger charge is 2.29. The maximum absolute atomic E-state index is 12.4. The number of aromatic amines is 1. The number of aromatic nitrogens is 2. The molecule has 1 aromatic rings.